The van der Waals surface area contributed by atoms with Gasteiger partial charge in [-0.25, -0.2) is 0 Å². The molecule has 1 aliphatic rings. The zero-order valence-electron chi connectivity index (χ0n) is 12.5. The van der Waals surface area contributed by atoms with Gasteiger partial charge in [-0.1, -0.05) is 0 Å². The molecular weight excluding hydrogens is 280 g/mol. The highest BCUT2D eigenvalue weighted by Crippen LogP contribution is 2.31. The number of nitrogen functional groups attached to an aromatic ring is 1. The Labute approximate surface area is 129 Å². The molecule has 1 aromatic heterocycles. The molecule has 0 atom stereocenters. The van der Waals surface area contributed by atoms with E-state index < -0.39 is 0 Å². The number of benzene rings is 1. The highest BCUT2D eigenvalue weighted by molar-refractivity contribution is 7.14. The monoisotopic (exact) mass is 300 g/mol. The van der Waals surface area contributed by atoms with E-state index >= 15 is 0 Å². The third-order valence-electron chi connectivity index (χ3n) is 4.01. The normalized spacial score (nSPS) is 13.8. The lowest BCUT2D eigenvalue weighted by molar-refractivity contribution is 0.103. The average molecular weight is 300 g/mol. The van der Waals surface area contributed by atoms with E-state index in [1.54, 1.807) is 11.3 Å². The van der Waals surface area contributed by atoms with E-state index in [2.05, 4.69) is 11.4 Å². The maximum Gasteiger partial charge on any atom is 0.265 e. The molecule has 1 aliphatic carbocycles. The van der Waals surface area contributed by atoms with Gasteiger partial charge in [0.1, 0.15) is 0 Å². The number of amides is 1. The maximum absolute atomic E-state index is 12.5. The zero-order chi connectivity index (χ0) is 15.0. The molecule has 3 N–H and O–H groups in total. The summed E-state index contributed by atoms with van der Waals surface area (Å²) in [7, 11) is 0. The quantitative estimate of drug-likeness (QED) is 0.821. The van der Waals surface area contributed by atoms with E-state index in [1.165, 1.54) is 23.3 Å². The van der Waals surface area contributed by atoms with Crippen LogP contribution in [0, 0.1) is 13.8 Å². The topological polar surface area (TPSA) is 55.1 Å². The molecule has 3 nitrogen and oxygen atoms in total. The van der Waals surface area contributed by atoms with Gasteiger partial charge in [0.05, 0.1) is 4.88 Å². The highest BCUT2D eigenvalue weighted by atomic mass is 32.1. The number of rotatable bonds is 2. The van der Waals surface area contributed by atoms with Crippen LogP contribution in [0.5, 0.6) is 0 Å². The van der Waals surface area contributed by atoms with Crippen molar-refractivity contribution in [2.24, 2.45) is 0 Å². The Hall–Kier alpha value is -1.81. The molecule has 3 rings (SSSR count). The van der Waals surface area contributed by atoms with Crippen LogP contribution in [0.4, 0.5) is 11.4 Å². The summed E-state index contributed by atoms with van der Waals surface area (Å²) in [5.74, 6) is -0.00892. The van der Waals surface area contributed by atoms with E-state index in [-0.39, 0.29) is 5.91 Å². The second-order valence-corrected chi connectivity index (χ2v) is 6.89. The lowest BCUT2D eigenvalue weighted by atomic mass is 9.99. The summed E-state index contributed by atoms with van der Waals surface area (Å²) in [6.45, 7) is 3.94. The van der Waals surface area contributed by atoms with Crippen LogP contribution in [0.3, 0.4) is 0 Å². The fourth-order valence-corrected chi connectivity index (χ4v) is 4.12. The minimum atomic E-state index is -0.00892. The van der Waals surface area contributed by atoms with Crippen molar-refractivity contribution in [3.05, 3.63) is 44.6 Å². The van der Waals surface area contributed by atoms with Crippen LogP contribution in [-0.2, 0) is 12.8 Å². The summed E-state index contributed by atoms with van der Waals surface area (Å²) < 4.78 is 0. The third-order valence-corrected chi connectivity index (χ3v) is 5.25. The molecule has 4 heteroatoms. The Morgan fingerprint density at radius 1 is 1.14 bits per heavy atom. The van der Waals surface area contributed by atoms with Crippen molar-refractivity contribution in [3.8, 4) is 0 Å². The number of hydrogen-bond acceptors (Lipinski definition) is 3. The Balaban J connectivity index is 1.85. The predicted octanol–water partition coefficient (Wildman–Crippen LogP) is 4.08. The first kappa shape index (κ1) is 14.1. The summed E-state index contributed by atoms with van der Waals surface area (Å²) in [6.07, 6.45) is 4.71. The van der Waals surface area contributed by atoms with Crippen LogP contribution in [-0.4, -0.2) is 5.91 Å². The number of anilines is 2. The number of aryl methyl sites for hydroxylation is 4. The molecule has 0 unspecified atom stereocenters. The Morgan fingerprint density at radius 2 is 1.81 bits per heavy atom. The van der Waals surface area contributed by atoms with E-state index in [4.69, 9.17) is 5.73 Å². The van der Waals surface area contributed by atoms with E-state index in [0.29, 0.717) is 0 Å². The molecule has 0 aliphatic heterocycles. The van der Waals surface area contributed by atoms with E-state index in [1.807, 2.05) is 26.0 Å². The van der Waals surface area contributed by atoms with Crippen LogP contribution in [0.15, 0.2) is 18.2 Å². The molecule has 1 aromatic carbocycles. The molecule has 1 amide bonds. The molecule has 0 spiro atoms. The summed E-state index contributed by atoms with van der Waals surface area (Å²) >= 11 is 1.64. The standard InChI is InChI=1S/C17H20N2OS/c1-10-7-13(18)8-11(2)16(10)19-17(20)15-9-12-5-3-4-6-14(12)21-15/h7-9H,3-6,18H2,1-2H3,(H,19,20). The average Bonchev–Trinajstić information content (AvgIpc) is 2.86. The Morgan fingerprint density at radius 3 is 2.48 bits per heavy atom. The van der Waals surface area contributed by atoms with Crippen molar-refractivity contribution in [2.75, 3.05) is 11.1 Å². The van der Waals surface area contributed by atoms with Crippen LogP contribution >= 0.6 is 11.3 Å². The Kier molecular flexibility index (Phi) is 3.72. The second kappa shape index (κ2) is 5.53. The largest absolute Gasteiger partial charge is 0.399 e. The van der Waals surface area contributed by atoms with Gasteiger partial charge in [-0.2, -0.15) is 0 Å². The van der Waals surface area contributed by atoms with Crippen LogP contribution in [0.1, 0.15) is 44.1 Å². The number of fused-ring (bicyclic) bond motifs is 1. The molecule has 1 heterocycles. The lowest BCUT2D eigenvalue weighted by Crippen LogP contribution is -2.12. The Bertz CT molecular complexity index is 656. The van der Waals surface area contributed by atoms with Crippen molar-refractivity contribution < 1.29 is 4.79 Å². The number of carbonyl (C=O) groups excluding carboxylic acids is 1. The molecule has 110 valence electrons. The van der Waals surface area contributed by atoms with Crippen molar-refractivity contribution in [1.82, 2.24) is 0 Å². The van der Waals surface area contributed by atoms with Gasteiger partial charge in [-0.15, -0.1) is 11.3 Å². The van der Waals surface area contributed by atoms with Crippen LogP contribution in [0.25, 0.3) is 0 Å². The second-order valence-electron chi connectivity index (χ2n) is 5.75. The third kappa shape index (κ3) is 2.81. The number of hydrogen-bond donors (Lipinski definition) is 2. The first-order valence-corrected chi connectivity index (χ1v) is 8.16. The first-order chi connectivity index (χ1) is 10.0. The summed E-state index contributed by atoms with van der Waals surface area (Å²) in [5.41, 5.74) is 10.8. The highest BCUT2D eigenvalue weighted by Gasteiger charge is 2.18. The molecular formula is C17H20N2OS. The van der Waals surface area contributed by atoms with Gasteiger partial charge in [0, 0.05) is 16.3 Å². The number of carbonyl (C=O) groups is 1. The van der Waals surface area contributed by atoms with Crippen LogP contribution < -0.4 is 11.1 Å². The van der Waals surface area contributed by atoms with Crippen molar-refractivity contribution in [2.45, 2.75) is 39.5 Å². The molecule has 0 radical (unpaired) electrons. The number of nitrogens with two attached hydrogens (primary N) is 1. The lowest BCUT2D eigenvalue weighted by Gasteiger charge is -2.12. The molecule has 0 saturated heterocycles. The minimum absolute atomic E-state index is 0.00892. The van der Waals surface area contributed by atoms with Crippen molar-refractivity contribution in [1.29, 1.82) is 0 Å². The number of thiophene rings is 1. The van der Waals surface area contributed by atoms with E-state index in [0.717, 1.165) is 40.2 Å². The molecule has 2 aromatic rings. The summed E-state index contributed by atoms with van der Waals surface area (Å²) in [4.78, 5) is 14.7. The van der Waals surface area contributed by atoms with Gasteiger partial charge in [-0.3, -0.25) is 4.79 Å². The molecule has 0 bridgehead atoms. The van der Waals surface area contributed by atoms with Gasteiger partial charge in [0.2, 0.25) is 0 Å². The van der Waals surface area contributed by atoms with Crippen molar-refractivity contribution >= 4 is 28.6 Å². The number of nitrogens with one attached hydrogen (secondary N) is 1. The molecule has 0 fully saturated rings. The van der Waals surface area contributed by atoms with Gasteiger partial charge in [-0.05, 0) is 74.4 Å². The van der Waals surface area contributed by atoms with Gasteiger partial charge in [0.15, 0.2) is 0 Å². The van der Waals surface area contributed by atoms with E-state index in [9.17, 15) is 4.79 Å². The zero-order valence-corrected chi connectivity index (χ0v) is 13.3. The summed E-state index contributed by atoms with van der Waals surface area (Å²) in [6, 6.07) is 5.85. The van der Waals surface area contributed by atoms with Gasteiger partial charge in [0.25, 0.3) is 5.91 Å². The SMILES string of the molecule is Cc1cc(N)cc(C)c1NC(=O)c1cc2c(s1)CCCC2. The fraction of sp³-hybridized carbons (Fsp3) is 0.353. The van der Waals surface area contributed by atoms with Crippen molar-refractivity contribution in [3.63, 3.8) is 0 Å². The van der Waals surface area contributed by atoms with Gasteiger partial charge >= 0.3 is 0 Å². The van der Waals surface area contributed by atoms with Crippen LogP contribution in [0.2, 0.25) is 0 Å². The molecule has 0 saturated carbocycles. The predicted molar refractivity (Wildman–Crippen MR) is 89.2 cm³/mol. The molecule has 21 heavy (non-hydrogen) atoms. The fourth-order valence-electron chi connectivity index (χ4n) is 2.97. The first-order valence-electron chi connectivity index (χ1n) is 7.34. The smallest absolute Gasteiger partial charge is 0.265 e. The van der Waals surface area contributed by atoms with Gasteiger partial charge < -0.3 is 11.1 Å². The maximum atomic E-state index is 12.5. The summed E-state index contributed by atoms with van der Waals surface area (Å²) in [5, 5.41) is 3.05. The minimum Gasteiger partial charge on any atom is -0.399 e.